The third-order valence-corrected chi connectivity index (χ3v) is 7.30. The molecule has 3 aromatic rings. The molecule has 0 spiro atoms. The summed E-state index contributed by atoms with van der Waals surface area (Å²) in [5.41, 5.74) is 0. The van der Waals surface area contributed by atoms with Crippen LogP contribution in [0, 0.1) is 0 Å². The van der Waals surface area contributed by atoms with Gasteiger partial charge < -0.3 is 13.5 Å². The monoisotopic (exact) mass is 421 g/mol. The second-order valence-corrected chi connectivity index (χ2v) is 10.1. The van der Waals surface area contributed by atoms with Gasteiger partial charge in [-0.1, -0.05) is 23.0 Å². The molecule has 4 heterocycles. The van der Waals surface area contributed by atoms with Crippen molar-refractivity contribution in [3.63, 3.8) is 0 Å². The van der Waals surface area contributed by atoms with Gasteiger partial charge in [0.25, 0.3) is 0 Å². The van der Waals surface area contributed by atoms with Crippen molar-refractivity contribution in [1.29, 1.82) is 0 Å². The molecule has 148 valence electrons. The summed E-state index contributed by atoms with van der Waals surface area (Å²) in [6.45, 7) is 6.21. The Morgan fingerprint density at radius 3 is 3.00 bits per heavy atom. The van der Waals surface area contributed by atoms with Gasteiger partial charge >= 0.3 is 0 Å². The third kappa shape index (κ3) is 3.76. The van der Waals surface area contributed by atoms with Crippen molar-refractivity contribution in [3.8, 4) is 11.6 Å². The van der Waals surface area contributed by atoms with E-state index >= 15 is 0 Å². The first-order valence-electron chi connectivity index (χ1n) is 8.75. The largest absolute Gasteiger partial charge is 0.461 e. The molecule has 0 N–H and O–H groups in total. The van der Waals surface area contributed by atoms with Crippen LogP contribution in [0.3, 0.4) is 0 Å². The number of thioether (sulfide) groups is 1. The van der Waals surface area contributed by atoms with E-state index in [1.165, 1.54) is 11.8 Å². The predicted molar refractivity (Wildman–Crippen MR) is 103 cm³/mol. The van der Waals surface area contributed by atoms with E-state index in [9.17, 15) is 8.42 Å². The van der Waals surface area contributed by atoms with Gasteiger partial charge in [0.05, 0.1) is 23.0 Å². The predicted octanol–water partition coefficient (Wildman–Crippen LogP) is 2.86. The number of furan rings is 1. The summed E-state index contributed by atoms with van der Waals surface area (Å²) in [5, 5.41) is 13.0. The normalized spacial score (nSPS) is 19.7. The first-order valence-corrected chi connectivity index (χ1v) is 11.5. The summed E-state index contributed by atoms with van der Waals surface area (Å²) in [7, 11) is -3.01. The maximum absolute atomic E-state index is 11.8. The highest BCUT2D eigenvalue weighted by Crippen LogP contribution is 2.36. The molecule has 1 saturated heterocycles. The molecule has 1 aliphatic rings. The fraction of sp³-hybridized carbons (Fsp3) is 0.412. The molecule has 3 aromatic heterocycles. The molecule has 0 bridgehead atoms. The zero-order valence-electron chi connectivity index (χ0n) is 15.2. The summed E-state index contributed by atoms with van der Waals surface area (Å²) in [6.07, 6.45) is 3.85. The van der Waals surface area contributed by atoms with Crippen LogP contribution in [-0.2, 0) is 16.4 Å². The molecule has 0 unspecified atom stereocenters. The zero-order valence-corrected chi connectivity index (χ0v) is 16.8. The van der Waals surface area contributed by atoms with Crippen LogP contribution >= 0.6 is 11.8 Å². The van der Waals surface area contributed by atoms with Crippen LogP contribution in [0.4, 0.5) is 0 Å². The van der Waals surface area contributed by atoms with E-state index in [0.717, 1.165) is 0 Å². The molecule has 4 rings (SSSR count). The van der Waals surface area contributed by atoms with Gasteiger partial charge in [0.1, 0.15) is 5.82 Å². The van der Waals surface area contributed by atoms with Crippen LogP contribution in [-0.4, -0.2) is 44.8 Å². The summed E-state index contributed by atoms with van der Waals surface area (Å²) >= 11 is 1.42. The fourth-order valence-electron chi connectivity index (χ4n) is 3.10. The topological polar surface area (TPSA) is 117 Å². The van der Waals surface area contributed by atoms with E-state index in [2.05, 4.69) is 26.9 Å². The standard InChI is InChI=1S/C17H19N5O4S2/c1-3-7-22-15(12-6-9-28(23,24)10-12)19-20-17(22)27-11(2)16-18-14(21-26-16)13-5-4-8-25-13/h3-5,8,11-12H,1,6-7,9-10H2,2H3/t11-,12+/m1/s1. The number of hydrogen-bond donors (Lipinski definition) is 0. The highest BCUT2D eigenvalue weighted by molar-refractivity contribution is 7.99. The lowest BCUT2D eigenvalue weighted by Crippen LogP contribution is -2.11. The molecule has 9 nitrogen and oxygen atoms in total. The number of aromatic nitrogens is 5. The molecule has 0 saturated carbocycles. The highest BCUT2D eigenvalue weighted by Gasteiger charge is 2.33. The van der Waals surface area contributed by atoms with Gasteiger partial charge in [-0.2, -0.15) is 4.98 Å². The smallest absolute Gasteiger partial charge is 0.240 e. The van der Waals surface area contributed by atoms with E-state index in [1.54, 1.807) is 24.5 Å². The van der Waals surface area contributed by atoms with E-state index in [4.69, 9.17) is 8.94 Å². The van der Waals surface area contributed by atoms with Crippen molar-refractivity contribution in [3.05, 3.63) is 42.8 Å². The molecule has 0 amide bonds. The van der Waals surface area contributed by atoms with E-state index in [-0.39, 0.29) is 22.7 Å². The van der Waals surface area contributed by atoms with Crippen molar-refractivity contribution in [2.24, 2.45) is 0 Å². The minimum Gasteiger partial charge on any atom is -0.461 e. The molecule has 1 aliphatic heterocycles. The summed E-state index contributed by atoms with van der Waals surface area (Å²) in [4.78, 5) is 4.38. The lowest BCUT2D eigenvalue weighted by molar-refractivity contribution is 0.379. The van der Waals surface area contributed by atoms with Gasteiger partial charge in [0, 0.05) is 12.5 Å². The summed E-state index contributed by atoms with van der Waals surface area (Å²) in [6, 6.07) is 3.52. The summed E-state index contributed by atoms with van der Waals surface area (Å²) < 4.78 is 36.2. The van der Waals surface area contributed by atoms with E-state index in [0.29, 0.717) is 41.4 Å². The average molecular weight is 422 g/mol. The Labute approximate surface area is 166 Å². The summed E-state index contributed by atoms with van der Waals surface area (Å²) in [5.74, 6) is 2.19. The number of sulfone groups is 1. The van der Waals surface area contributed by atoms with Crippen LogP contribution in [0.5, 0.6) is 0 Å². The van der Waals surface area contributed by atoms with Crippen LogP contribution in [0.25, 0.3) is 11.6 Å². The first kappa shape index (κ1) is 18.9. The zero-order chi connectivity index (χ0) is 19.7. The lowest BCUT2D eigenvalue weighted by Gasteiger charge is -2.12. The molecule has 0 aliphatic carbocycles. The number of rotatable bonds is 7. The molecule has 0 radical (unpaired) electrons. The van der Waals surface area contributed by atoms with Crippen molar-refractivity contribution >= 4 is 21.6 Å². The minimum atomic E-state index is -3.01. The number of nitrogens with zero attached hydrogens (tertiary/aromatic N) is 5. The first-order chi connectivity index (χ1) is 13.5. The Morgan fingerprint density at radius 1 is 1.46 bits per heavy atom. The maximum atomic E-state index is 11.8. The Kier molecular flexibility index (Phi) is 5.11. The van der Waals surface area contributed by atoms with Crippen molar-refractivity contribution in [2.45, 2.75) is 36.2 Å². The SMILES string of the molecule is C=CCn1c(S[C@H](C)c2nc(-c3ccco3)no2)nnc1[C@H]1CCS(=O)(=O)C1. The molecule has 11 heteroatoms. The Balaban J connectivity index is 1.55. The van der Waals surface area contributed by atoms with E-state index < -0.39 is 9.84 Å². The van der Waals surface area contributed by atoms with Crippen molar-refractivity contribution in [2.75, 3.05) is 11.5 Å². The average Bonchev–Trinajstić information content (AvgIpc) is 3.41. The van der Waals surface area contributed by atoms with Gasteiger partial charge in [0.15, 0.2) is 20.8 Å². The van der Waals surface area contributed by atoms with Gasteiger partial charge in [-0.25, -0.2) is 8.42 Å². The molecule has 1 fully saturated rings. The number of allylic oxidation sites excluding steroid dienone is 1. The van der Waals surface area contributed by atoms with Crippen LogP contribution < -0.4 is 0 Å². The second kappa shape index (κ2) is 7.55. The van der Waals surface area contributed by atoms with Gasteiger partial charge in [-0.3, -0.25) is 0 Å². The molecule has 2 atom stereocenters. The van der Waals surface area contributed by atoms with Gasteiger partial charge in [-0.05, 0) is 25.5 Å². The molecular weight excluding hydrogens is 402 g/mol. The fourth-order valence-corrected chi connectivity index (χ4v) is 5.74. The molecular formula is C17H19N5O4S2. The van der Waals surface area contributed by atoms with E-state index in [1.807, 2.05) is 11.5 Å². The quantitative estimate of drug-likeness (QED) is 0.419. The van der Waals surface area contributed by atoms with Crippen molar-refractivity contribution < 1.29 is 17.4 Å². The van der Waals surface area contributed by atoms with Crippen LogP contribution in [0.2, 0.25) is 0 Å². The second-order valence-electron chi connectivity index (χ2n) is 6.53. The highest BCUT2D eigenvalue weighted by atomic mass is 32.2. The Morgan fingerprint density at radius 2 is 2.32 bits per heavy atom. The van der Waals surface area contributed by atoms with Gasteiger partial charge in [-0.15, -0.1) is 16.8 Å². The third-order valence-electron chi connectivity index (χ3n) is 4.47. The molecule has 0 aromatic carbocycles. The minimum absolute atomic E-state index is 0.110. The Hall–Kier alpha value is -2.40. The maximum Gasteiger partial charge on any atom is 0.240 e. The number of hydrogen-bond acceptors (Lipinski definition) is 9. The van der Waals surface area contributed by atoms with Crippen LogP contribution in [0.15, 0.2) is 45.1 Å². The van der Waals surface area contributed by atoms with Gasteiger partial charge in [0.2, 0.25) is 11.7 Å². The van der Waals surface area contributed by atoms with Crippen LogP contribution in [0.1, 0.15) is 36.2 Å². The van der Waals surface area contributed by atoms with Crippen molar-refractivity contribution in [1.82, 2.24) is 24.9 Å². The lowest BCUT2D eigenvalue weighted by atomic mass is 10.1. The Bertz CT molecular complexity index is 1070. The molecule has 28 heavy (non-hydrogen) atoms.